The molecule has 4 unspecified atom stereocenters. The molecular weight excluding hydrogens is 544 g/mol. The van der Waals surface area contributed by atoms with Gasteiger partial charge in [-0.1, -0.05) is 110 Å². The summed E-state index contributed by atoms with van der Waals surface area (Å²) in [5.74, 6) is 2.96. The lowest BCUT2D eigenvalue weighted by Gasteiger charge is -2.36. The van der Waals surface area contributed by atoms with Crippen molar-refractivity contribution in [2.45, 2.75) is 51.9 Å². The van der Waals surface area contributed by atoms with Gasteiger partial charge in [0.25, 0.3) is 0 Å². The molecule has 1 aliphatic heterocycles. The van der Waals surface area contributed by atoms with Gasteiger partial charge in [-0.25, -0.2) is 4.98 Å². The third kappa shape index (κ3) is 4.19. The molecule has 9 rings (SSSR count). The minimum Gasteiger partial charge on any atom is -0.340 e. The first kappa shape index (κ1) is 26.7. The summed E-state index contributed by atoms with van der Waals surface area (Å²) in [6.45, 7) is 7.04. The second-order valence-corrected chi connectivity index (χ2v) is 13.8. The molecule has 0 bridgehead atoms. The first-order valence-electron chi connectivity index (χ1n) is 16.7. The molecule has 0 radical (unpaired) electrons. The van der Waals surface area contributed by atoms with E-state index in [1.807, 2.05) is 0 Å². The Morgan fingerprint density at radius 3 is 2.51 bits per heavy atom. The van der Waals surface area contributed by atoms with E-state index in [-0.39, 0.29) is 0 Å². The van der Waals surface area contributed by atoms with Crippen LogP contribution in [0.2, 0.25) is 0 Å². The second-order valence-electron chi connectivity index (χ2n) is 13.8. The Balaban J connectivity index is 0.987. The Hall–Kier alpha value is -4.69. The Morgan fingerprint density at radius 2 is 1.67 bits per heavy atom. The van der Waals surface area contributed by atoms with Gasteiger partial charge in [0.2, 0.25) is 0 Å². The molecule has 0 amide bonds. The molecule has 6 aromatic rings. The van der Waals surface area contributed by atoms with Crippen molar-refractivity contribution < 1.29 is 0 Å². The van der Waals surface area contributed by atoms with Gasteiger partial charge < -0.3 is 5.32 Å². The number of benzene rings is 5. The number of pyridine rings is 1. The highest BCUT2D eigenvalue weighted by Gasteiger charge is 2.34. The fraction of sp³-hybridized carbons (Fsp3) is 0.233. The molecule has 1 saturated carbocycles. The van der Waals surface area contributed by atoms with Crippen molar-refractivity contribution in [3.8, 4) is 0 Å². The Bertz CT molecular complexity index is 2220. The van der Waals surface area contributed by atoms with Gasteiger partial charge in [0.1, 0.15) is 5.82 Å². The first-order valence-corrected chi connectivity index (χ1v) is 16.7. The van der Waals surface area contributed by atoms with Crippen molar-refractivity contribution >= 4 is 55.5 Å². The van der Waals surface area contributed by atoms with E-state index in [0.29, 0.717) is 23.7 Å². The van der Waals surface area contributed by atoms with Crippen LogP contribution in [0.1, 0.15) is 79.7 Å². The molecule has 5 aromatic carbocycles. The van der Waals surface area contributed by atoms with Crippen molar-refractivity contribution in [2.75, 3.05) is 5.32 Å². The zero-order valence-corrected chi connectivity index (χ0v) is 26.3. The number of nitrogens with zero attached hydrogens (tertiary/aromatic N) is 1. The van der Waals surface area contributed by atoms with Crippen molar-refractivity contribution in [2.24, 2.45) is 11.8 Å². The zero-order chi connectivity index (χ0) is 30.2. The lowest BCUT2D eigenvalue weighted by Crippen LogP contribution is -2.23. The summed E-state index contributed by atoms with van der Waals surface area (Å²) < 4.78 is 0. The van der Waals surface area contributed by atoms with Gasteiger partial charge in [-0.15, -0.1) is 0 Å². The number of nitrogens with one attached hydrogen (secondary N) is 1. The molecule has 1 aromatic heterocycles. The summed E-state index contributed by atoms with van der Waals surface area (Å²) in [7, 11) is 0. The van der Waals surface area contributed by atoms with Crippen LogP contribution in [-0.2, 0) is 0 Å². The van der Waals surface area contributed by atoms with Crippen molar-refractivity contribution in [1.82, 2.24) is 4.98 Å². The number of rotatable bonds is 3. The standard InChI is InChI=1S/C43H38N2/c1-25(35-20-18-32-16-15-29-6-4-7-30-19-21-36(35)41(32)40(29)30)10-12-28-14-17-33(22-27(28)3)34-23-37-39-26(2)11-13-31-8-5-9-38(42(31)39)45-43(37)44-24-34/h4-13,15-16,18-21,23-24,26-27,33,39H,14,17,22H2,1-3H3,(H,44,45)/b25-10+,28-12-. The van der Waals surface area contributed by atoms with E-state index in [1.165, 1.54) is 84.2 Å². The van der Waals surface area contributed by atoms with Crippen molar-refractivity contribution in [1.29, 1.82) is 0 Å². The van der Waals surface area contributed by atoms with E-state index >= 15 is 0 Å². The first-order chi connectivity index (χ1) is 22.0. The third-order valence-electron chi connectivity index (χ3n) is 11.1. The lowest BCUT2D eigenvalue weighted by atomic mass is 9.72. The highest BCUT2D eigenvalue weighted by Crippen LogP contribution is 2.50. The molecule has 220 valence electrons. The second kappa shape index (κ2) is 10.2. The molecule has 2 aliphatic carbocycles. The SMILES string of the molecule is C/C(=C\C=C1\CCC(c2cnc3c(c2)C2c4c(cccc4N3)C=CC2C)CC1C)c1ccc2ccc3cccc4ccc1c2c34. The number of allylic oxidation sites excluding steroid dienone is 5. The number of anilines is 2. The summed E-state index contributed by atoms with van der Waals surface area (Å²) in [5.41, 5.74) is 11.0. The van der Waals surface area contributed by atoms with E-state index in [4.69, 9.17) is 4.98 Å². The van der Waals surface area contributed by atoms with Gasteiger partial charge in [0, 0.05) is 23.4 Å². The largest absolute Gasteiger partial charge is 0.340 e. The molecule has 45 heavy (non-hydrogen) atoms. The monoisotopic (exact) mass is 582 g/mol. The van der Waals surface area contributed by atoms with Crippen LogP contribution in [0.4, 0.5) is 11.5 Å². The molecule has 4 atom stereocenters. The molecule has 2 heterocycles. The Kier molecular flexibility index (Phi) is 6.03. The normalized spacial score (nSPS) is 23.4. The molecule has 1 fully saturated rings. The summed E-state index contributed by atoms with van der Waals surface area (Å²) in [6.07, 6.45) is 15.1. The summed E-state index contributed by atoms with van der Waals surface area (Å²) >= 11 is 0. The fourth-order valence-electron chi connectivity index (χ4n) is 8.68. The van der Waals surface area contributed by atoms with Crippen LogP contribution >= 0.6 is 0 Å². The minimum absolute atomic E-state index is 0.370. The maximum Gasteiger partial charge on any atom is 0.134 e. The zero-order valence-electron chi connectivity index (χ0n) is 26.3. The molecule has 1 N–H and O–H groups in total. The maximum atomic E-state index is 5.01. The summed E-state index contributed by atoms with van der Waals surface area (Å²) in [4.78, 5) is 5.01. The van der Waals surface area contributed by atoms with Crippen LogP contribution in [0, 0.1) is 11.8 Å². The van der Waals surface area contributed by atoms with Crippen LogP contribution in [-0.4, -0.2) is 4.98 Å². The molecule has 2 nitrogen and oxygen atoms in total. The van der Waals surface area contributed by atoms with E-state index in [9.17, 15) is 0 Å². The van der Waals surface area contributed by atoms with Crippen LogP contribution in [0.25, 0.3) is 44.0 Å². The van der Waals surface area contributed by atoms with E-state index in [0.717, 1.165) is 12.2 Å². The highest BCUT2D eigenvalue weighted by molar-refractivity contribution is 6.24. The molecule has 2 heteroatoms. The van der Waals surface area contributed by atoms with Gasteiger partial charge in [-0.3, -0.25) is 0 Å². The average molecular weight is 583 g/mol. The number of aromatic nitrogens is 1. The Labute approximate surface area is 265 Å². The van der Waals surface area contributed by atoms with Crippen LogP contribution in [0.15, 0.2) is 109 Å². The third-order valence-corrected chi connectivity index (χ3v) is 11.1. The number of fused-ring (bicyclic) bond motifs is 2. The van der Waals surface area contributed by atoms with Gasteiger partial charge in [0.05, 0.1) is 0 Å². The summed E-state index contributed by atoms with van der Waals surface area (Å²) in [6, 6.07) is 29.5. The minimum atomic E-state index is 0.370. The number of hydrogen-bond acceptors (Lipinski definition) is 2. The predicted octanol–water partition coefficient (Wildman–Crippen LogP) is 11.8. The van der Waals surface area contributed by atoms with Crippen molar-refractivity contribution in [3.63, 3.8) is 0 Å². The van der Waals surface area contributed by atoms with Crippen LogP contribution < -0.4 is 5.32 Å². The fourth-order valence-corrected chi connectivity index (χ4v) is 8.68. The lowest BCUT2D eigenvalue weighted by molar-refractivity contribution is 0.425. The van der Waals surface area contributed by atoms with Crippen molar-refractivity contribution in [3.05, 3.63) is 137 Å². The molecule has 0 spiro atoms. The van der Waals surface area contributed by atoms with Gasteiger partial charge in [-0.05, 0) is 116 Å². The number of hydrogen-bond donors (Lipinski definition) is 1. The van der Waals surface area contributed by atoms with Gasteiger partial charge in [-0.2, -0.15) is 0 Å². The Morgan fingerprint density at radius 1 is 0.889 bits per heavy atom. The van der Waals surface area contributed by atoms with E-state index in [1.54, 1.807) is 5.57 Å². The molecule has 3 aliphatic rings. The summed E-state index contributed by atoms with van der Waals surface area (Å²) in [5, 5.41) is 11.8. The molecular formula is C43H38N2. The maximum absolute atomic E-state index is 5.01. The van der Waals surface area contributed by atoms with Crippen LogP contribution in [0.3, 0.4) is 0 Å². The molecule has 0 saturated heterocycles. The van der Waals surface area contributed by atoms with Gasteiger partial charge in [0.15, 0.2) is 0 Å². The van der Waals surface area contributed by atoms with Gasteiger partial charge >= 0.3 is 0 Å². The predicted molar refractivity (Wildman–Crippen MR) is 192 cm³/mol. The van der Waals surface area contributed by atoms with Crippen LogP contribution in [0.5, 0.6) is 0 Å². The highest BCUT2D eigenvalue weighted by atomic mass is 15.0. The average Bonchev–Trinajstić information content (AvgIpc) is 3.07. The topological polar surface area (TPSA) is 24.9 Å². The quantitative estimate of drug-likeness (QED) is 0.210. The van der Waals surface area contributed by atoms with E-state index < -0.39 is 0 Å². The van der Waals surface area contributed by atoms with E-state index in [2.05, 4.69) is 135 Å². The smallest absolute Gasteiger partial charge is 0.134 e.